The maximum Gasteiger partial charge on any atom is 0.203 e. The van der Waals surface area contributed by atoms with Gasteiger partial charge in [-0.25, -0.2) is 0 Å². The zero-order valence-electron chi connectivity index (χ0n) is 13.4. The molecular formula is C18H19NO4. The number of ether oxygens (including phenoxy) is 3. The fourth-order valence-electron chi connectivity index (χ4n) is 2.89. The standard InChI is InChI=1S/C18H19NO4/c1-21-16-8-11(9-17(22-2)18(16)23-3)14-10-15(20)12-6-4-5-7-13(12)19-14/h4-9,14,19H,10H2,1-3H3/t14-/m0/s1. The number of nitrogens with one attached hydrogen (secondary N) is 1. The van der Waals surface area contributed by atoms with E-state index in [2.05, 4.69) is 5.32 Å². The van der Waals surface area contributed by atoms with Crippen molar-refractivity contribution < 1.29 is 19.0 Å². The minimum Gasteiger partial charge on any atom is -0.493 e. The summed E-state index contributed by atoms with van der Waals surface area (Å²) in [6.45, 7) is 0. The fraction of sp³-hybridized carbons (Fsp3) is 0.278. The van der Waals surface area contributed by atoms with Crippen molar-refractivity contribution >= 4 is 11.5 Å². The Morgan fingerprint density at radius 1 is 1.00 bits per heavy atom. The Balaban J connectivity index is 2.01. The van der Waals surface area contributed by atoms with Crippen LogP contribution in [0.1, 0.15) is 28.4 Å². The first-order chi connectivity index (χ1) is 11.2. The normalized spacial score (nSPS) is 16.3. The molecule has 1 aliphatic heterocycles. The van der Waals surface area contributed by atoms with Gasteiger partial charge in [-0.2, -0.15) is 0 Å². The van der Waals surface area contributed by atoms with E-state index >= 15 is 0 Å². The summed E-state index contributed by atoms with van der Waals surface area (Å²) in [5.41, 5.74) is 2.50. The van der Waals surface area contributed by atoms with Gasteiger partial charge >= 0.3 is 0 Å². The van der Waals surface area contributed by atoms with Crippen LogP contribution in [0.4, 0.5) is 5.69 Å². The smallest absolute Gasteiger partial charge is 0.203 e. The van der Waals surface area contributed by atoms with Crippen LogP contribution in [0, 0.1) is 0 Å². The SMILES string of the molecule is COc1cc([C@@H]2CC(=O)c3ccccc3N2)cc(OC)c1OC. The number of carbonyl (C=O) groups is 1. The first-order valence-corrected chi connectivity index (χ1v) is 7.36. The summed E-state index contributed by atoms with van der Waals surface area (Å²) in [6.07, 6.45) is 0.385. The second-order valence-corrected chi connectivity index (χ2v) is 5.33. The summed E-state index contributed by atoms with van der Waals surface area (Å²) in [5.74, 6) is 1.82. The van der Waals surface area contributed by atoms with Crippen LogP contribution in [0.3, 0.4) is 0 Å². The Labute approximate surface area is 135 Å². The van der Waals surface area contributed by atoms with Gasteiger partial charge in [-0.05, 0) is 29.8 Å². The molecule has 0 unspecified atom stereocenters. The number of para-hydroxylation sites is 1. The highest BCUT2D eigenvalue weighted by Gasteiger charge is 2.27. The molecule has 2 aromatic carbocycles. The third kappa shape index (κ3) is 2.70. The first-order valence-electron chi connectivity index (χ1n) is 7.36. The average Bonchev–Trinajstić information content (AvgIpc) is 2.60. The van der Waals surface area contributed by atoms with Gasteiger partial charge in [0.25, 0.3) is 0 Å². The fourth-order valence-corrected chi connectivity index (χ4v) is 2.89. The van der Waals surface area contributed by atoms with Crippen molar-refractivity contribution in [3.63, 3.8) is 0 Å². The molecule has 1 aliphatic rings. The van der Waals surface area contributed by atoms with Crippen LogP contribution in [0.15, 0.2) is 36.4 Å². The second-order valence-electron chi connectivity index (χ2n) is 5.33. The van der Waals surface area contributed by atoms with Gasteiger partial charge in [-0.1, -0.05) is 12.1 Å². The van der Waals surface area contributed by atoms with E-state index in [1.807, 2.05) is 36.4 Å². The molecule has 5 nitrogen and oxygen atoms in total. The van der Waals surface area contributed by atoms with Crippen molar-refractivity contribution in [2.24, 2.45) is 0 Å². The second kappa shape index (κ2) is 6.20. The summed E-state index contributed by atoms with van der Waals surface area (Å²) >= 11 is 0. The van der Waals surface area contributed by atoms with Gasteiger partial charge in [-0.15, -0.1) is 0 Å². The molecule has 3 rings (SSSR count). The van der Waals surface area contributed by atoms with E-state index in [0.717, 1.165) is 16.8 Å². The van der Waals surface area contributed by atoms with Crippen molar-refractivity contribution in [3.05, 3.63) is 47.5 Å². The Bertz CT molecular complexity index is 717. The highest BCUT2D eigenvalue weighted by atomic mass is 16.5. The molecule has 2 aromatic rings. The minimum absolute atomic E-state index is 0.123. The van der Waals surface area contributed by atoms with Gasteiger partial charge in [0, 0.05) is 17.7 Å². The van der Waals surface area contributed by atoms with Crippen LogP contribution < -0.4 is 19.5 Å². The number of fused-ring (bicyclic) bond motifs is 1. The lowest BCUT2D eigenvalue weighted by atomic mass is 9.92. The van der Waals surface area contributed by atoms with Gasteiger partial charge in [0.1, 0.15) is 0 Å². The molecule has 0 amide bonds. The van der Waals surface area contributed by atoms with Crippen molar-refractivity contribution in [1.82, 2.24) is 0 Å². The van der Waals surface area contributed by atoms with Crippen LogP contribution >= 0.6 is 0 Å². The third-order valence-corrected chi connectivity index (χ3v) is 4.04. The molecule has 0 spiro atoms. The summed E-state index contributed by atoms with van der Waals surface area (Å²) in [6, 6.07) is 11.2. The molecule has 0 bridgehead atoms. The Kier molecular flexibility index (Phi) is 4.10. The molecule has 5 heteroatoms. The van der Waals surface area contributed by atoms with E-state index in [1.165, 1.54) is 0 Å². The lowest BCUT2D eigenvalue weighted by Gasteiger charge is -2.27. The quantitative estimate of drug-likeness (QED) is 0.937. The lowest BCUT2D eigenvalue weighted by Crippen LogP contribution is -2.22. The number of benzene rings is 2. The monoisotopic (exact) mass is 313 g/mol. The molecular weight excluding hydrogens is 294 g/mol. The Hall–Kier alpha value is -2.69. The number of methoxy groups -OCH3 is 3. The topological polar surface area (TPSA) is 56.8 Å². The summed E-state index contributed by atoms with van der Waals surface area (Å²) in [7, 11) is 4.73. The van der Waals surface area contributed by atoms with Gasteiger partial charge in [0.2, 0.25) is 5.75 Å². The molecule has 0 aromatic heterocycles. The zero-order chi connectivity index (χ0) is 16.4. The first kappa shape index (κ1) is 15.2. The van der Waals surface area contributed by atoms with Gasteiger partial charge in [0.15, 0.2) is 17.3 Å². The molecule has 0 saturated carbocycles. The number of anilines is 1. The Morgan fingerprint density at radius 3 is 2.26 bits per heavy atom. The van der Waals surface area contributed by atoms with Crippen LogP contribution in [0.5, 0.6) is 17.2 Å². The number of hydrogen-bond donors (Lipinski definition) is 1. The average molecular weight is 313 g/mol. The Morgan fingerprint density at radius 2 is 1.65 bits per heavy atom. The molecule has 1 N–H and O–H groups in total. The molecule has 0 aliphatic carbocycles. The summed E-state index contributed by atoms with van der Waals surface area (Å²) < 4.78 is 16.1. The van der Waals surface area contributed by atoms with Crippen molar-refractivity contribution in [2.45, 2.75) is 12.5 Å². The molecule has 0 radical (unpaired) electrons. The molecule has 120 valence electrons. The molecule has 1 atom stereocenters. The van der Waals surface area contributed by atoms with E-state index in [4.69, 9.17) is 14.2 Å². The maximum absolute atomic E-state index is 12.4. The van der Waals surface area contributed by atoms with Crippen molar-refractivity contribution in [2.75, 3.05) is 26.6 Å². The van der Waals surface area contributed by atoms with Crippen LogP contribution in [0.2, 0.25) is 0 Å². The molecule has 1 heterocycles. The zero-order valence-corrected chi connectivity index (χ0v) is 13.4. The predicted molar refractivity (Wildman–Crippen MR) is 87.9 cm³/mol. The van der Waals surface area contributed by atoms with Crippen LogP contribution in [-0.4, -0.2) is 27.1 Å². The van der Waals surface area contributed by atoms with E-state index in [-0.39, 0.29) is 11.8 Å². The molecule has 0 fully saturated rings. The third-order valence-electron chi connectivity index (χ3n) is 4.04. The molecule has 0 saturated heterocycles. The summed E-state index contributed by atoms with van der Waals surface area (Å²) in [4.78, 5) is 12.4. The molecule has 23 heavy (non-hydrogen) atoms. The number of rotatable bonds is 4. The number of ketones is 1. The van der Waals surface area contributed by atoms with Gasteiger partial charge in [0.05, 0.1) is 27.4 Å². The maximum atomic E-state index is 12.4. The highest BCUT2D eigenvalue weighted by molar-refractivity contribution is 6.03. The predicted octanol–water partition coefficient (Wildman–Crippen LogP) is 3.45. The lowest BCUT2D eigenvalue weighted by molar-refractivity contribution is 0.0972. The minimum atomic E-state index is -0.133. The van der Waals surface area contributed by atoms with Crippen LogP contribution in [-0.2, 0) is 0 Å². The van der Waals surface area contributed by atoms with Crippen molar-refractivity contribution in [3.8, 4) is 17.2 Å². The number of hydrogen-bond acceptors (Lipinski definition) is 5. The van der Waals surface area contributed by atoms with E-state index in [9.17, 15) is 4.79 Å². The van der Waals surface area contributed by atoms with Crippen molar-refractivity contribution in [1.29, 1.82) is 0 Å². The number of carbonyl (C=O) groups excluding carboxylic acids is 1. The number of Topliss-reactive ketones (excluding diaryl/α,β-unsaturated/α-hetero) is 1. The summed E-state index contributed by atoms with van der Waals surface area (Å²) in [5, 5.41) is 3.41. The van der Waals surface area contributed by atoms with E-state index in [1.54, 1.807) is 21.3 Å². The highest BCUT2D eigenvalue weighted by Crippen LogP contribution is 2.42. The largest absolute Gasteiger partial charge is 0.493 e. The van der Waals surface area contributed by atoms with E-state index in [0.29, 0.717) is 23.7 Å². The van der Waals surface area contributed by atoms with E-state index < -0.39 is 0 Å². The van der Waals surface area contributed by atoms with Gasteiger partial charge < -0.3 is 19.5 Å². The van der Waals surface area contributed by atoms with Crippen LogP contribution in [0.25, 0.3) is 0 Å². The van der Waals surface area contributed by atoms with Gasteiger partial charge in [-0.3, -0.25) is 4.79 Å².